The number of carbonyl (C=O) groups is 1. The highest BCUT2D eigenvalue weighted by Gasteiger charge is 2.20. The molecule has 10 heteroatoms. The summed E-state index contributed by atoms with van der Waals surface area (Å²) in [5, 5.41) is 5.20. The van der Waals surface area contributed by atoms with E-state index in [1.807, 2.05) is 19.9 Å². The number of carbonyl (C=O) groups excluding carboxylic acids is 1. The summed E-state index contributed by atoms with van der Waals surface area (Å²) in [6.45, 7) is 7.36. The van der Waals surface area contributed by atoms with Gasteiger partial charge in [0.15, 0.2) is 11.9 Å². The maximum atomic E-state index is 13.1. The highest BCUT2D eigenvalue weighted by Crippen LogP contribution is 2.34. The Bertz CT molecular complexity index is 1270. The van der Waals surface area contributed by atoms with Crippen molar-refractivity contribution in [2.45, 2.75) is 39.7 Å². The zero-order valence-corrected chi connectivity index (χ0v) is 21.5. The molecule has 0 unspecified atom stereocenters. The van der Waals surface area contributed by atoms with Crippen molar-refractivity contribution in [2.24, 2.45) is 5.10 Å². The molecule has 3 aromatic rings. The van der Waals surface area contributed by atoms with Crippen LogP contribution in [0.4, 0.5) is 0 Å². The topological polar surface area (TPSA) is 82.8 Å². The first kappa shape index (κ1) is 25.2. The van der Waals surface area contributed by atoms with E-state index in [2.05, 4.69) is 26.0 Å². The second-order valence-corrected chi connectivity index (χ2v) is 9.20. The normalized spacial score (nSPS) is 12.5. The second-order valence-electron chi connectivity index (χ2n) is 7.47. The SMILES string of the molecule is CCOC(=O)[C@H](C)Oc1c(Cl)cc(C=Nn2c(C(C)C)nc3ccc(Br)cc3c2=O)cc1Cl. The van der Waals surface area contributed by atoms with E-state index in [0.29, 0.717) is 22.3 Å². The van der Waals surface area contributed by atoms with E-state index in [0.717, 1.165) is 4.47 Å². The average Bonchev–Trinajstić information content (AvgIpc) is 2.75. The Labute approximate surface area is 209 Å². The molecule has 0 spiro atoms. The van der Waals surface area contributed by atoms with Crippen LogP contribution in [0.5, 0.6) is 5.75 Å². The Morgan fingerprint density at radius 3 is 2.48 bits per heavy atom. The highest BCUT2D eigenvalue weighted by atomic mass is 79.9. The van der Waals surface area contributed by atoms with Crippen LogP contribution in [-0.4, -0.2) is 34.6 Å². The van der Waals surface area contributed by atoms with Crippen LogP contribution in [0.25, 0.3) is 10.9 Å². The molecule has 0 bridgehead atoms. The maximum Gasteiger partial charge on any atom is 0.347 e. The number of esters is 1. The Morgan fingerprint density at radius 2 is 1.88 bits per heavy atom. The van der Waals surface area contributed by atoms with Crippen molar-refractivity contribution in [2.75, 3.05) is 6.61 Å². The fraction of sp³-hybridized carbons (Fsp3) is 0.304. The zero-order valence-electron chi connectivity index (χ0n) is 18.4. The second kappa shape index (κ2) is 10.7. The molecule has 0 saturated heterocycles. The molecule has 174 valence electrons. The summed E-state index contributed by atoms with van der Waals surface area (Å²) < 4.78 is 12.6. The summed E-state index contributed by atoms with van der Waals surface area (Å²) >= 11 is 16.1. The Balaban J connectivity index is 1.98. The number of nitrogens with zero attached hydrogens (tertiary/aromatic N) is 3. The number of rotatable bonds is 7. The summed E-state index contributed by atoms with van der Waals surface area (Å²) in [6.07, 6.45) is 0.587. The predicted molar refractivity (Wildman–Crippen MR) is 134 cm³/mol. The van der Waals surface area contributed by atoms with Crippen molar-refractivity contribution >= 4 is 62.2 Å². The van der Waals surface area contributed by atoms with Gasteiger partial charge in [-0.2, -0.15) is 9.78 Å². The monoisotopic (exact) mass is 553 g/mol. The van der Waals surface area contributed by atoms with Gasteiger partial charge in [-0.05, 0) is 49.7 Å². The van der Waals surface area contributed by atoms with Crippen LogP contribution in [0.2, 0.25) is 10.0 Å². The molecule has 0 N–H and O–H groups in total. The van der Waals surface area contributed by atoms with Crippen molar-refractivity contribution in [3.63, 3.8) is 0 Å². The molecule has 0 aliphatic carbocycles. The van der Waals surface area contributed by atoms with Crippen LogP contribution >= 0.6 is 39.1 Å². The molecule has 0 amide bonds. The molecular formula is C23H22BrCl2N3O4. The summed E-state index contributed by atoms with van der Waals surface area (Å²) in [4.78, 5) is 29.6. The first-order chi connectivity index (χ1) is 15.6. The van der Waals surface area contributed by atoms with Gasteiger partial charge in [0.25, 0.3) is 5.56 Å². The number of halogens is 3. The third-order valence-corrected chi connectivity index (χ3v) is 5.66. The molecule has 0 aliphatic heterocycles. The van der Waals surface area contributed by atoms with Gasteiger partial charge in [0, 0.05) is 10.4 Å². The van der Waals surface area contributed by atoms with Crippen molar-refractivity contribution < 1.29 is 14.3 Å². The lowest BCUT2D eigenvalue weighted by Crippen LogP contribution is -2.26. The average molecular weight is 555 g/mol. The van der Waals surface area contributed by atoms with Crippen molar-refractivity contribution in [3.05, 3.63) is 66.6 Å². The van der Waals surface area contributed by atoms with E-state index in [1.54, 1.807) is 38.1 Å². The summed E-state index contributed by atoms with van der Waals surface area (Å²) in [7, 11) is 0. The van der Waals surface area contributed by atoms with Gasteiger partial charge in [0.05, 0.1) is 33.8 Å². The van der Waals surface area contributed by atoms with Crippen LogP contribution < -0.4 is 10.3 Å². The minimum Gasteiger partial charge on any atom is -0.476 e. The Kier molecular flexibility index (Phi) is 8.15. The van der Waals surface area contributed by atoms with Crippen LogP contribution in [0, 0.1) is 0 Å². The highest BCUT2D eigenvalue weighted by molar-refractivity contribution is 9.10. The van der Waals surface area contributed by atoms with Gasteiger partial charge in [0.1, 0.15) is 5.82 Å². The molecule has 1 aromatic heterocycles. The van der Waals surface area contributed by atoms with Gasteiger partial charge >= 0.3 is 5.97 Å². The lowest BCUT2D eigenvalue weighted by molar-refractivity contribution is -0.150. The number of hydrogen-bond donors (Lipinski definition) is 0. The molecule has 2 aromatic carbocycles. The van der Waals surface area contributed by atoms with Crippen LogP contribution in [0.1, 0.15) is 45.0 Å². The molecule has 0 radical (unpaired) electrons. The van der Waals surface area contributed by atoms with Gasteiger partial charge in [-0.3, -0.25) is 4.79 Å². The molecule has 0 fully saturated rings. The third-order valence-electron chi connectivity index (χ3n) is 4.61. The summed E-state index contributed by atoms with van der Waals surface area (Å²) in [5.74, 6) is 0.112. The molecule has 7 nitrogen and oxygen atoms in total. The molecule has 1 heterocycles. The van der Waals surface area contributed by atoms with Crippen LogP contribution in [-0.2, 0) is 9.53 Å². The molecule has 1 atom stereocenters. The lowest BCUT2D eigenvalue weighted by Gasteiger charge is -2.16. The van der Waals surface area contributed by atoms with Crippen LogP contribution in [0.3, 0.4) is 0 Å². The quantitative estimate of drug-likeness (QED) is 0.272. The van der Waals surface area contributed by atoms with Gasteiger partial charge in [-0.1, -0.05) is 53.0 Å². The van der Waals surface area contributed by atoms with Crippen molar-refractivity contribution in [3.8, 4) is 5.75 Å². The van der Waals surface area contributed by atoms with Gasteiger partial charge in [0.2, 0.25) is 0 Å². The standard InChI is InChI=1S/C23H22BrCl2N3O4/c1-5-32-23(31)13(4)33-20-17(25)8-14(9-18(20)26)11-27-29-21(12(2)3)28-19-7-6-15(24)10-16(19)22(29)30/h6-13H,5H2,1-4H3/t13-/m0/s1. The zero-order chi connectivity index (χ0) is 24.3. The van der Waals surface area contributed by atoms with Crippen LogP contribution in [0.15, 0.2) is 44.7 Å². The minimum atomic E-state index is -0.880. The predicted octanol–water partition coefficient (Wildman–Crippen LogP) is 5.80. The molecule has 0 aliphatic rings. The Morgan fingerprint density at radius 1 is 1.21 bits per heavy atom. The first-order valence-electron chi connectivity index (χ1n) is 10.2. The Hall–Kier alpha value is -2.42. The first-order valence-corrected chi connectivity index (χ1v) is 11.8. The number of hydrogen-bond acceptors (Lipinski definition) is 6. The fourth-order valence-electron chi connectivity index (χ4n) is 3.03. The van der Waals surface area contributed by atoms with E-state index >= 15 is 0 Å². The third kappa shape index (κ3) is 5.75. The molecule has 33 heavy (non-hydrogen) atoms. The number of benzene rings is 2. The van der Waals surface area contributed by atoms with Gasteiger partial charge < -0.3 is 9.47 Å². The lowest BCUT2D eigenvalue weighted by atomic mass is 10.2. The minimum absolute atomic E-state index is 0.0461. The van der Waals surface area contributed by atoms with Gasteiger partial charge in [-0.25, -0.2) is 9.78 Å². The largest absolute Gasteiger partial charge is 0.476 e. The van der Waals surface area contributed by atoms with E-state index in [-0.39, 0.29) is 33.9 Å². The van der Waals surface area contributed by atoms with E-state index in [9.17, 15) is 9.59 Å². The number of aromatic nitrogens is 2. The molecule has 0 saturated carbocycles. The number of ether oxygens (including phenoxy) is 2. The number of fused-ring (bicyclic) bond motifs is 1. The van der Waals surface area contributed by atoms with E-state index in [4.69, 9.17) is 32.7 Å². The fourth-order valence-corrected chi connectivity index (χ4v) is 3.98. The smallest absolute Gasteiger partial charge is 0.347 e. The van der Waals surface area contributed by atoms with E-state index in [1.165, 1.54) is 10.9 Å². The summed E-state index contributed by atoms with van der Waals surface area (Å²) in [6, 6.07) is 8.50. The van der Waals surface area contributed by atoms with E-state index < -0.39 is 12.1 Å². The molecule has 3 rings (SSSR count). The van der Waals surface area contributed by atoms with Gasteiger partial charge in [-0.15, -0.1) is 0 Å². The van der Waals surface area contributed by atoms with Crippen molar-refractivity contribution in [1.29, 1.82) is 0 Å². The maximum absolute atomic E-state index is 13.1. The summed E-state index contributed by atoms with van der Waals surface area (Å²) in [5.41, 5.74) is 0.848. The molecular weight excluding hydrogens is 533 g/mol. The van der Waals surface area contributed by atoms with Crippen molar-refractivity contribution in [1.82, 2.24) is 9.66 Å².